The monoisotopic (exact) mass is 302 g/mol. The number of anilines is 1. The van der Waals surface area contributed by atoms with Gasteiger partial charge in [-0.1, -0.05) is 0 Å². The molecule has 1 fully saturated rings. The zero-order valence-corrected chi connectivity index (χ0v) is 12.2. The van der Waals surface area contributed by atoms with Gasteiger partial charge in [0.15, 0.2) is 5.82 Å². The lowest BCUT2D eigenvalue weighted by Crippen LogP contribution is -2.43. The normalized spacial score (nSPS) is 17.9. The van der Waals surface area contributed by atoms with Gasteiger partial charge in [0.25, 0.3) is 0 Å². The molecule has 0 radical (unpaired) electrons. The molecule has 2 rings (SSSR count). The average molecular weight is 302 g/mol. The van der Waals surface area contributed by atoms with Crippen LogP contribution < -0.4 is 4.72 Å². The molecule has 8 nitrogen and oxygen atoms in total. The number of nitrogens with zero attached hydrogens (tertiary/aromatic N) is 2. The van der Waals surface area contributed by atoms with Gasteiger partial charge in [0, 0.05) is 24.8 Å². The second-order valence-electron chi connectivity index (χ2n) is 4.74. The highest BCUT2D eigenvalue weighted by Gasteiger charge is 2.31. The summed E-state index contributed by atoms with van der Waals surface area (Å²) in [5, 5.41) is 6.50. The van der Waals surface area contributed by atoms with Gasteiger partial charge in [-0.15, -0.1) is 0 Å². The largest absolute Gasteiger partial charge is 0.469 e. The molecule has 0 bridgehead atoms. The van der Waals surface area contributed by atoms with E-state index >= 15 is 0 Å². The Kier molecular flexibility index (Phi) is 4.29. The standard InChI is InChI=1S/C11H18N4O4S/c1-8-7-10(13-12-8)14-20(17,18)15-5-3-9(4-6-15)11(16)19-2/h7,9H,3-6H2,1-2H3,(H2,12,13,14). The minimum atomic E-state index is -3.63. The first-order valence-corrected chi connectivity index (χ1v) is 7.74. The van der Waals surface area contributed by atoms with Crippen LogP contribution in [0.5, 0.6) is 0 Å². The summed E-state index contributed by atoms with van der Waals surface area (Å²) in [6, 6.07) is 1.61. The van der Waals surface area contributed by atoms with Crippen LogP contribution in [0, 0.1) is 12.8 Å². The molecule has 0 aromatic carbocycles. The Bertz CT molecular complexity index is 575. The minimum Gasteiger partial charge on any atom is -0.469 e. The van der Waals surface area contributed by atoms with E-state index < -0.39 is 10.2 Å². The first-order valence-electron chi connectivity index (χ1n) is 6.30. The zero-order valence-electron chi connectivity index (χ0n) is 11.4. The van der Waals surface area contributed by atoms with Crippen molar-refractivity contribution in [3.8, 4) is 0 Å². The number of aryl methyl sites for hydroxylation is 1. The molecule has 0 amide bonds. The molecule has 112 valence electrons. The Hall–Kier alpha value is -1.61. The summed E-state index contributed by atoms with van der Waals surface area (Å²) in [6.07, 6.45) is 0.931. The van der Waals surface area contributed by atoms with Gasteiger partial charge in [-0.25, -0.2) is 0 Å². The first kappa shape index (κ1) is 14.8. The topological polar surface area (TPSA) is 104 Å². The number of hydrogen-bond donors (Lipinski definition) is 2. The number of methoxy groups -OCH3 is 1. The van der Waals surface area contributed by atoms with Crippen LogP contribution in [-0.4, -0.2) is 49.1 Å². The van der Waals surface area contributed by atoms with Crippen molar-refractivity contribution < 1.29 is 17.9 Å². The van der Waals surface area contributed by atoms with E-state index in [9.17, 15) is 13.2 Å². The van der Waals surface area contributed by atoms with Gasteiger partial charge >= 0.3 is 16.2 Å². The molecule has 1 aliphatic heterocycles. The van der Waals surface area contributed by atoms with E-state index in [0.29, 0.717) is 25.9 Å². The fraction of sp³-hybridized carbons (Fsp3) is 0.636. The second-order valence-corrected chi connectivity index (χ2v) is 6.41. The van der Waals surface area contributed by atoms with E-state index in [-0.39, 0.29) is 17.7 Å². The molecule has 0 spiro atoms. The number of aromatic amines is 1. The molecule has 1 saturated heterocycles. The van der Waals surface area contributed by atoms with E-state index in [1.807, 2.05) is 0 Å². The minimum absolute atomic E-state index is 0.223. The van der Waals surface area contributed by atoms with Crippen LogP contribution in [-0.2, 0) is 19.7 Å². The van der Waals surface area contributed by atoms with Gasteiger partial charge in [-0.05, 0) is 19.8 Å². The van der Waals surface area contributed by atoms with Gasteiger partial charge < -0.3 is 4.74 Å². The van der Waals surface area contributed by atoms with Crippen LogP contribution >= 0.6 is 0 Å². The van der Waals surface area contributed by atoms with Crippen molar-refractivity contribution in [2.45, 2.75) is 19.8 Å². The molecule has 0 atom stereocenters. The highest BCUT2D eigenvalue weighted by atomic mass is 32.2. The maximum atomic E-state index is 12.2. The Morgan fingerprint density at radius 3 is 2.65 bits per heavy atom. The third-order valence-electron chi connectivity index (χ3n) is 3.27. The number of rotatable bonds is 4. The predicted octanol–water partition coefficient (Wildman–Crippen LogP) is 0.260. The maximum Gasteiger partial charge on any atom is 0.308 e. The summed E-state index contributed by atoms with van der Waals surface area (Å²) in [5.74, 6) is -0.241. The summed E-state index contributed by atoms with van der Waals surface area (Å²) in [5.41, 5.74) is 0.770. The van der Waals surface area contributed by atoms with Crippen LogP contribution in [0.1, 0.15) is 18.5 Å². The third-order valence-corrected chi connectivity index (χ3v) is 4.78. The lowest BCUT2D eigenvalue weighted by molar-refractivity contribution is -0.146. The number of carbonyl (C=O) groups excluding carboxylic acids is 1. The predicted molar refractivity (Wildman–Crippen MR) is 72.2 cm³/mol. The van der Waals surface area contributed by atoms with Crippen molar-refractivity contribution in [1.82, 2.24) is 14.5 Å². The Balaban J connectivity index is 1.97. The fourth-order valence-electron chi connectivity index (χ4n) is 2.17. The van der Waals surface area contributed by atoms with Crippen molar-refractivity contribution in [3.05, 3.63) is 11.8 Å². The van der Waals surface area contributed by atoms with Crippen LogP contribution in [0.4, 0.5) is 5.82 Å². The number of carbonyl (C=O) groups is 1. The molecule has 1 aliphatic rings. The number of ether oxygens (including phenoxy) is 1. The number of H-pyrrole nitrogens is 1. The highest BCUT2D eigenvalue weighted by molar-refractivity contribution is 7.90. The molecular weight excluding hydrogens is 284 g/mol. The molecule has 2 heterocycles. The second kappa shape index (κ2) is 5.80. The Labute approximate surface area is 117 Å². The van der Waals surface area contributed by atoms with Gasteiger partial charge in [0.1, 0.15) is 0 Å². The van der Waals surface area contributed by atoms with Crippen molar-refractivity contribution in [1.29, 1.82) is 0 Å². The van der Waals surface area contributed by atoms with Crippen LogP contribution in [0.15, 0.2) is 6.07 Å². The Morgan fingerprint density at radius 1 is 1.50 bits per heavy atom. The summed E-state index contributed by atoms with van der Waals surface area (Å²) >= 11 is 0. The molecule has 0 aliphatic carbocycles. The van der Waals surface area contributed by atoms with E-state index in [1.165, 1.54) is 11.4 Å². The Morgan fingerprint density at radius 2 is 2.15 bits per heavy atom. The van der Waals surface area contributed by atoms with Crippen molar-refractivity contribution >= 4 is 22.0 Å². The van der Waals surface area contributed by atoms with Crippen molar-refractivity contribution in [3.63, 3.8) is 0 Å². The van der Waals surface area contributed by atoms with Gasteiger partial charge in [-0.2, -0.15) is 17.8 Å². The summed E-state index contributed by atoms with van der Waals surface area (Å²) in [6.45, 7) is 2.36. The lowest BCUT2D eigenvalue weighted by atomic mass is 9.99. The van der Waals surface area contributed by atoms with E-state index in [4.69, 9.17) is 0 Å². The number of aromatic nitrogens is 2. The van der Waals surface area contributed by atoms with Crippen LogP contribution in [0.25, 0.3) is 0 Å². The van der Waals surface area contributed by atoms with Gasteiger partial charge in [0.05, 0.1) is 13.0 Å². The number of nitrogens with one attached hydrogen (secondary N) is 2. The lowest BCUT2D eigenvalue weighted by Gasteiger charge is -2.29. The number of piperidine rings is 1. The summed E-state index contributed by atoms with van der Waals surface area (Å²) in [7, 11) is -2.29. The molecule has 1 aromatic heterocycles. The first-order chi connectivity index (χ1) is 9.42. The maximum absolute atomic E-state index is 12.2. The SMILES string of the molecule is COC(=O)C1CCN(S(=O)(=O)Nc2cc(C)[nH]n2)CC1. The molecule has 9 heteroatoms. The molecule has 0 unspecified atom stereocenters. The fourth-order valence-corrected chi connectivity index (χ4v) is 3.36. The quantitative estimate of drug-likeness (QED) is 0.776. The molecule has 20 heavy (non-hydrogen) atoms. The van der Waals surface area contributed by atoms with Gasteiger partial charge in [0.2, 0.25) is 0 Å². The van der Waals surface area contributed by atoms with E-state index in [1.54, 1.807) is 13.0 Å². The van der Waals surface area contributed by atoms with E-state index in [0.717, 1.165) is 5.69 Å². The molecule has 2 N–H and O–H groups in total. The smallest absolute Gasteiger partial charge is 0.308 e. The highest BCUT2D eigenvalue weighted by Crippen LogP contribution is 2.21. The molecule has 0 saturated carbocycles. The van der Waals surface area contributed by atoms with Crippen molar-refractivity contribution in [2.24, 2.45) is 5.92 Å². The third kappa shape index (κ3) is 3.28. The average Bonchev–Trinajstić information content (AvgIpc) is 2.82. The molecule has 1 aromatic rings. The zero-order chi connectivity index (χ0) is 14.8. The van der Waals surface area contributed by atoms with Crippen molar-refractivity contribution in [2.75, 3.05) is 24.9 Å². The van der Waals surface area contributed by atoms with Gasteiger partial charge in [-0.3, -0.25) is 14.6 Å². The number of hydrogen-bond acceptors (Lipinski definition) is 5. The number of esters is 1. The van der Waals surface area contributed by atoms with Crippen LogP contribution in [0.2, 0.25) is 0 Å². The van der Waals surface area contributed by atoms with E-state index in [2.05, 4.69) is 19.7 Å². The summed E-state index contributed by atoms with van der Waals surface area (Å²) in [4.78, 5) is 11.4. The molecular formula is C11H18N4O4S. The van der Waals surface area contributed by atoms with Crippen LogP contribution in [0.3, 0.4) is 0 Å². The summed E-state index contributed by atoms with van der Waals surface area (Å²) < 4.78 is 32.7.